The lowest BCUT2D eigenvalue weighted by Gasteiger charge is -2.23. The number of nitrogens with one attached hydrogen (secondary N) is 2. The van der Waals surface area contributed by atoms with Crippen LogP contribution in [0.1, 0.15) is 15.9 Å². The summed E-state index contributed by atoms with van der Waals surface area (Å²) in [7, 11) is 0. The van der Waals surface area contributed by atoms with Crippen molar-refractivity contribution in [3.8, 4) is 0 Å². The summed E-state index contributed by atoms with van der Waals surface area (Å²) >= 11 is 13.8. The van der Waals surface area contributed by atoms with Crippen LogP contribution in [0.25, 0.3) is 6.08 Å². The Labute approximate surface area is 275 Å². The first-order valence-electron chi connectivity index (χ1n) is 13.9. The zero-order chi connectivity index (χ0) is 31.6. The van der Waals surface area contributed by atoms with Crippen LogP contribution in [0, 0.1) is 0 Å². The maximum atomic E-state index is 13.4. The fourth-order valence-corrected chi connectivity index (χ4v) is 5.56. The predicted octanol–water partition coefficient (Wildman–Crippen LogP) is 8.86. The van der Waals surface area contributed by atoms with Crippen molar-refractivity contribution < 1.29 is 14.4 Å². The van der Waals surface area contributed by atoms with E-state index in [-0.39, 0.29) is 17.4 Å². The number of amides is 3. The molecule has 0 atom stereocenters. The summed E-state index contributed by atoms with van der Waals surface area (Å²) in [6.07, 6.45) is 1.50. The number of para-hydroxylation sites is 2. The van der Waals surface area contributed by atoms with Crippen LogP contribution in [0.2, 0.25) is 10.0 Å². The molecule has 0 unspecified atom stereocenters. The van der Waals surface area contributed by atoms with Crippen LogP contribution >= 0.6 is 35.0 Å². The Bertz CT molecular complexity index is 1780. The van der Waals surface area contributed by atoms with Gasteiger partial charge in [-0.15, -0.1) is 11.8 Å². The van der Waals surface area contributed by atoms with Gasteiger partial charge in [0.05, 0.1) is 5.75 Å². The number of carbonyl (C=O) groups is 3. The maximum absolute atomic E-state index is 13.4. The topological polar surface area (TPSA) is 78.5 Å². The third-order valence-electron chi connectivity index (χ3n) is 6.54. The number of carbonyl (C=O) groups excluding carboxylic acids is 3. The highest BCUT2D eigenvalue weighted by molar-refractivity contribution is 8.00. The molecule has 224 valence electrons. The van der Waals surface area contributed by atoms with E-state index >= 15 is 0 Å². The van der Waals surface area contributed by atoms with E-state index in [1.807, 2.05) is 72.8 Å². The molecule has 9 heteroatoms. The van der Waals surface area contributed by atoms with Gasteiger partial charge in [0, 0.05) is 37.6 Å². The molecule has 3 amide bonds. The molecular formula is C36H27Cl2N3O3S. The second kappa shape index (κ2) is 15.3. The Balaban J connectivity index is 1.28. The summed E-state index contributed by atoms with van der Waals surface area (Å²) in [5.41, 5.74) is 2.99. The van der Waals surface area contributed by atoms with Crippen molar-refractivity contribution in [2.75, 3.05) is 16.0 Å². The van der Waals surface area contributed by atoms with Gasteiger partial charge >= 0.3 is 0 Å². The Hall–Kier alpha value is -4.82. The summed E-state index contributed by atoms with van der Waals surface area (Å²) in [6, 6.07) is 39.6. The van der Waals surface area contributed by atoms with E-state index < -0.39 is 11.8 Å². The first-order chi connectivity index (χ1) is 21.9. The molecule has 0 saturated heterocycles. The zero-order valence-corrected chi connectivity index (χ0v) is 26.2. The van der Waals surface area contributed by atoms with E-state index in [2.05, 4.69) is 10.6 Å². The summed E-state index contributed by atoms with van der Waals surface area (Å²) in [5, 5.41) is 6.30. The average Bonchev–Trinajstić information content (AvgIpc) is 3.06. The minimum Gasteiger partial charge on any atom is -0.321 e. The minimum absolute atomic E-state index is 0.000890. The largest absolute Gasteiger partial charge is 0.321 e. The van der Waals surface area contributed by atoms with Crippen molar-refractivity contribution in [2.45, 2.75) is 4.90 Å². The number of nitrogens with zero attached hydrogens (tertiary/aromatic N) is 1. The highest BCUT2D eigenvalue weighted by Gasteiger charge is 2.19. The van der Waals surface area contributed by atoms with Crippen LogP contribution in [0.5, 0.6) is 0 Å². The van der Waals surface area contributed by atoms with Crippen LogP contribution in [0.4, 0.5) is 17.1 Å². The van der Waals surface area contributed by atoms with Crippen LogP contribution in [-0.4, -0.2) is 23.5 Å². The number of halogens is 2. The molecule has 0 radical (unpaired) electrons. The fraction of sp³-hybridized carbons (Fsp3) is 0.0278. The van der Waals surface area contributed by atoms with Gasteiger partial charge in [-0.05, 0) is 84.4 Å². The summed E-state index contributed by atoms with van der Waals surface area (Å²) in [5.74, 6) is -0.851. The van der Waals surface area contributed by atoms with Gasteiger partial charge in [-0.2, -0.15) is 0 Å². The van der Waals surface area contributed by atoms with Gasteiger partial charge in [0.25, 0.3) is 11.8 Å². The van der Waals surface area contributed by atoms with E-state index in [0.29, 0.717) is 26.9 Å². The predicted molar refractivity (Wildman–Crippen MR) is 184 cm³/mol. The zero-order valence-electron chi connectivity index (χ0n) is 23.8. The third kappa shape index (κ3) is 8.64. The number of rotatable bonds is 10. The first-order valence-corrected chi connectivity index (χ1v) is 15.6. The van der Waals surface area contributed by atoms with Gasteiger partial charge in [0.15, 0.2) is 0 Å². The molecule has 6 nitrogen and oxygen atoms in total. The van der Waals surface area contributed by atoms with Gasteiger partial charge in [0.2, 0.25) is 5.91 Å². The van der Waals surface area contributed by atoms with E-state index in [9.17, 15) is 14.4 Å². The highest BCUT2D eigenvalue weighted by atomic mass is 35.5. The maximum Gasteiger partial charge on any atom is 0.272 e. The molecule has 0 aliphatic heterocycles. The molecule has 5 rings (SSSR count). The lowest BCUT2D eigenvalue weighted by molar-refractivity contribution is -0.115. The minimum atomic E-state index is -0.540. The lowest BCUT2D eigenvalue weighted by atomic mass is 10.1. The Morgan fingerprint density at radius 1 is 0.711 bits per heavy atom. The molecule has 0 heterocycles. The second-order valence-corrected chi connectivity index (χ2v) is 11.6. The molecule has 0 aliphatic rings. The molecule has 0 aliphatic carbocycles. The monoisotopic (exact) mass is 651 g/mol. The molecular weight excluding hydrogens is 625 g/mol. The Morgan fingerprint density at radius 2 is 1.29 bits per heavy atom. The fourth-order valence-electron chi connectivity index (χ4n) is 4.35. The van der Waals surface area contributed by atoms with E-state index in [4.69, 9.17) is 23.2 Å². The van der Waals surface area contributed by atoms with E-state index in [1.54, 1.807) is 65.6 Å². The standard InChI is InChI=1S/C36H27Cl2N3O3S/c37-27-17-16-26(32(38)23-27)22-33(40-35(43)25-10-4-1-5-11-25)36(44)39-28-18-20-31(21-19-28)45-24-34(42)41(29-12-6-2-7-13-29)30-14-8-3-9-15-30/h1-23H,24H2,(H,39,44)(H,40,43)/b33-22-. The van der Waals surface area contributed by atoms with Crippen molar-refractivity contribution >= 4 is 75.8 Å². The van der Waals surface area contributed by atoms with Gasteiger partial charge in [-0.1, -0.05) is 83.9 Å². The van der Waals surface area contributed by atoms with Crippen molar-refractivity contribution in [1.29, 1.82) is 0 Å². The first kappa shape index (κ1) is 31.6. The van der Waals surface area contributed by atoms with Crippen LogP contribution in [-0.2, 0) is 9.59 Å². The average molecular weight is 653 g/mol. The van der Waals surface area contributed by atoms with Crippen LogP contribution in [0.3, 0.4) is 0 Å². The van der Waals surface area contributed by atoms with Gasteiger partial charge in [0.1, 0.15) is 5.70 Å². The number of hydrogen-bond acceptors (Lipinski definition) is 4. The molecule has 0 bridgehead atoms. The molecule has 45 heavy (non-hydrogen) atoms. The van der Waals surface area contributed by atoms with Crippen molar-refractivity contribution in [3.05, 3.63) is 160 Å². The van der Waals surface area contributed by atoms with E-state index in [1.165, 1.54) is 17.8 Å². The Morgan fingerprint density at radius 3 is 1.87 bits per heavy atom. The number of anilines is 3. The molecule has 5 aromatic carbocycles. The van der Waals surface area contributed by atoms with Gasteiger partial charge < -0.3 is 10.6 Å². The number of benzene rings is 5. The van der Waals surface area contributed by atoms with Gasteiger partial charge in [-0.25, -0.2) is 0 Å². The third-order valence-corrected chi connectivity index (χ3v) is 8.10. The normalized spacial score (nSPS) is 11.0. The summed E-state index contributed by atoms with van der Waals surface area (Å²) in [4.78, 5) is 42.2. The molecule has 0 spiro atoms. The lowest BCUT2D eigenvalue weighted by Crippen LogP contribution is -2.30. The Kier molecular flexibility index (Phi) is 10.7. The summed E-state index contributed by atoms with van der Waals surface area (Å²) < 4.78 is 0. The van der Waals surface area contributed by atoms with Crippen molar-refractivity contribution in [2.24, 2.45) is 0 Å². The van der Waals surface area contributed by atoms with Crippen molar-refractivity contribution in [1.82, 2.24) is 5.32 Å². The van der Waals surface area contributed by atoms with Crippen LogP contribution in [0.15, 0.2) is 144 Å². The quantitative estimate of drug-likeness (QED) is 0.117. The van der Waals surface area contributed by atoms with Gasteiger partial charge in [-0.3, -0.25) is 19.3 Å². The van der Waals surface area contributed by atoms with E-state index in [0.717, 1.165) is 16.3 Å². The molecule has 0 aromatic heterocycles. The molecule has 5 aromatic rings. The molecule has 2 N–H and O–H groups in total. The SMILES string of the molecule is O=C(Nc1ccc(SCC(=O)N(c2ccccc2)c2ccccc2)cc1)/C(=C/c1ccc(Cl)cc1Cl)NC(=O)c1ccccc1. The van der Waals surface area contributed by atoms with Crippen LogP contribution < -0.4 is 15.5 Å². The summed E-state index contributed by atoms with van der Waals surface area (Å²) in [6.45, 7) is 0. The molecule has 0 saturated carbocycles. The highest BCUT2D eigenvalue weighted by Crippen LogP contribution is 2.28. The number of hydrogen-bond donors (Lipinski definition) is 2. The molecule has 0 fully saturated rings. The smallest absolute Gasteiger partial charge is 0.272 e. The number of thioether (sulfide) groups is 1. The van der Waals surface area contributed by atoms with Crippen molar-refractivity contribution in [3.63, 3.8) is 0 Å². The second-order valence-electron chi connectivity index (χ2n) is 9.71.